The highest BCUT2D eigenvalue weighted by Crippen LogP contribution is 2.76. The van der Waals surface area contributed by atoms with Crippen molar-refractivity contribution in [3.63, 3.8) is 0 Å². The number of carboxylic acid groups (broad SMARTS) is 1. The lowest BCUT2D eigenvalue weighted by Gasteiger charge is -2.71. The van der Waals surface area contributed by atoms with E-state index in [1.54, 1.807) is 0 Å². The van der Waals surface area contributed by atoms with Gasteiger partial charge in [0.25, 0.3) is 0 Å². The number of rotatable bonds is 2. The molecule has 180 valence electrons. The molecule has 0 amide bonds. The van der Waals surface area contributed by atoms with Gasteiger partial charge in [-0.3, -0.25) is 4.79 Å². The molecule has 5 aliphatic carbocycles. The Kier molecular flexibility index (Phi) is 5.08. The maximum absolute atomic E-state index is 12.7. The van der Waals surface area contributed by atoms with E-state index in [9.17, 15) is 15.0 Å². The standard InChI is InChI=1S/C29H46O3/c1-17(2)19-9-14-29(25(31)32)16-15-27(5)21(24(19)29)7-8-23-26(4)12-11-22(30)18(3)20(26)10-13-28(23,27)6/h18-24,30H,1,7-16H2,2-6H3,(H,31,32)/t18?,19-,20?,21?,22?,23?,24?,26-,27+,28+,29?/m0/s1. The summed E-state index contributed by atoms with van der Waals surface area (Å²) in [5.41, 5.74) is 1.45. The maximum atomic E-state index is 12.7. The molecule has 5 rings (SSSR count). The molecule has 32 heavy (non-hydrogen) atoms. The second kappa shape index (κ2) is 7.09. The summed E-state index contributed by atoms with van der Waals surface area (Å²) in [7, 11) is 0. The Morgan fingerprint density at radius 3 is 2.25 bits per heavy atom. The van der Waals surface area contributed by atoms with Crippen LogP contribution in [0.1, 0.15) is 98.8 Å². The van der Waals surface area contributed by atoms with Crippen LogP contribution in [0.15, 0.2) is 12.2 Å². The summed E-state index contributed by atoms with van der Waals surface area (Å²) in [4.78, 5) is 12.7. The summed E-state index contributed by atoms with van der Waals surface area (Å²) >= 11 is 0. The molecule has 2 N–H and O–H groups in total. The molecule has 0 bridgehead atoms. The van der Waals surface area contributed by atoms with Gasteiger partial charge in [-0.05, 0) is 123 Å². The minimum Gasteiger partial charge on any atom is -0.481 e. The minimum atomic E-state index is -0.536. The van der Waals surface area contributed by atoms with Crippen LogP contribution in [-0.4, -0.2) is 22.3 Å². The molecular formula is C29H46O3. The molecule has 0 aromatic carbocycles. The van der Waals surface area contributed by atoms with Crippen molar-refractivity contribution in [1.82, 2.24) is 0 Å². The molecule has 0 radical (unpaired) electrons. The fourth-order valence-corrected chi connectivity index (χ4v) is 11.1. The number of carboxylic acids is 1. The van der Waals surface area contributed by atoms with Gasteiger partial charge in [-0.25, -0.2) is 0 Å². The summed E-state index contributed by atoms with van der Waals surface area (Å²) in [5.74, 6) is 2.29. The average Bonchev–Trinajstić information content (AvgIpc) is 3.13. The predicted molar refractivity (Wildman–Crippen MR) is 128 cm³/mol. The highest BCUT2D eigenvalue weighted by molar-refractivity contribution is 5.76. The number of aliphatic carboxylic acids is 1. The van der Waals surface area contributed by atoms with Crippen molar-refractivity contribution in [1.29, 1.82) is 0 Å². The molecule has 11 atom stereocenters. The first-order valence-electron chi connectivity index (χ1n) is 13.5. The SMILES string of the molecule is C=C(C)[C@@H]1CCC2(C(=O)O)CC[C@]3(C)C(CCC4[C@@]5(C)CCC(O)C(C)C5CC[C@]43C)C12. The molecule has 0 aromatic heterocycles. The van der Waals surface area contributed by atoms with Gasteiger partial charge in [0, 0.05) is 0 Å². The van der Waals surface area contributed by atoms with Crippen LogP contribution in [0, 0.1) is 57.2 Å². The Labute approximate surface area is 195 Å². The fraction of sp³-hybridized carbons (Fsp3) is 0.897. The molecule has 5 fully saturated rings. The summed E-state index contributed by atoms with van der Waals surface area (Å²) in [6, 6.07) is 0. The first-order chi connectivity index (χ1) is 14.9. The molecule has 0 spiro atoms. The third-order valence-corrected chi connectivity index (χ3v) is 13.1. The highest BCUT2D eigenvalue weighted by Gasteiger charge is 2.71. The molecule has 0 heterocycles. The zero-order valence-corrected chi connectivity index (χ0v) is 21.1. The van der Waals surface area contributed by atoms with Crippen molar-refractivity contribution in [2.45, 2.75) is 105 Å². The Balaban J connectivity index is 1.56. The smallest absolute Gasteiger partial charge is 0.309 e. The van der Waals surface area contributed by atoms with Crippen LogP contribution in [-0.2, 0) is 4.79 Å². The van der Waals surface area contributed by atoms with Gasteiger partial charge in [0.1, 0.15) is 0 Å². The number of allylic oxidation sites excluding steroid dienone is 1. The maximum Gasteiger partial charge on any atom is 0.309 e. The van der Waals surface area contributed by atoms with Crippen LogP contribution < -0.4 is 0 Å². The molecule has 7 unspecified atom stereocenters. The van der Waals surface area contributed by atoms with E-state index in [0.717, 1.165) is 38.5 Å². The predicted octanol–water partition coefficient (Wildman–Crippen LogP) is 6.70. The summed E-state index contributed by atoms with van der Waals surface area (Å²) in [6.45, 7) is 16.5. The molecular weight excluding hydrogens is 396 g/mol. The van der Waals surface area contributed by atoms with E-state index in [4.69, 9.17) is 0 Å². The normalized spacial score (nSPS) is 57.0. The first kappa shape index (κ1) is 22.9. The van der Waals surface area contributed by atoms with Crippen LogP contribution in [0.2, 0.25) is 0 Å². The minimum absolute atomic E-state index is 0.134. The van der Waals surface area contributed by atoms with Crippen molar-refractivity contribution in [2.75, 3.05) is 0 Å². The molecule has 3 heteroatoms. The van der Waals surface area contributed by atoms with Crippen molar-refractivity contribution >= 4 is 5.97 Å². The third-order valence-electron chi connectivity index (χ3n) is 13.1. The lowest BCUT2D eigenvalue weighted by atomic mass is 9.33. The van der Waals surface area contributed by atoms with Crippen molar-refractivity contribution < 1.29 is 15.0 Å². The topological polar surface area (TPSA) is 57.5 Å². The van der Waals surface area contributed by atoms with Gasteiger partial charge in [-0.1, -0.05) is 39.8 Å². The largest absolute Gasteiger partial charge is 0.481 e. The summed E-state index contributed by atoms with van der Waals surface area (Å²) in [5, 5.41) is 21.1. The Bertz CT molecular complexity index is 819. The quantitative estimate of drug-likeness (QED) is 0.468. The molecule has 0 aliphatic heterocycles. The van der Waals surface area contributed by atoms with Crippen molar-refractivity contribution in [3.05, 3.63) is 12.2 Å². The van der Waals surface area contributed by atoms with E-state index in [0.29, 0.717) is 35.0 Å². The zero-order valence-electron chi connectivity index (χ0n) is 21.1. The molecule has 5 saturated carbocycles. The number of aliphatic hydroxyl groups is 1. The van der Waals surface area contributed by atoms with Gasteiger partial charge >= 0.3 is 5.97 Å². The van der Waals surface area contributed by atoms with E-state index in [1.165, 1.54) is 31.3 Å². The van der Waals surface area contributed by atoms with E-state index < -0.39 is 11.4 Å². The first-order valence-corrected chi connectivity index (χ1v) is 13.5. The molecule has 5 aliphatic rings. The van der Waals surface area contributed by atoms with E-state index >= 15 is 0 Å². The molecule has 0 aromatic rings. The Morgan fingerprint density at radius 1 is 0.875 bits per heavy atom. The van der Waals surface area contributed by atoms with E-state index in [2.05, 4.69) is 41.2 Å². The van der Waals surface area contributed by atoms with Crippen LogP contribution in [0.4, 0.5) is 0 Å². The average molecular weight is 443 g/mol. The van der Waals surface area contributed by atoms with Crippen molar-refractivity contribution in [3.8, 4) is 0 Å². The number of fused-ring (bicyclic) bond motifs is 7. The summed E-state index contributed by atoms with van der Waals surface area (Å²) < 4.78 is 0. The third kappa shape index (κ3) is 2.61. The molecule has 0 saturated heterocycles. The van der Waals surface area contributed by atoms with Crippen LogP contribution >= 0.6 is 0 Å². The van der Waals surface area contributed by atoms with Gasteiger partial charge in [-0.15, -0.1) is 0 Å². The molecule has 3 nitrogen and oxygen atoms in total. The second-order valence-corrected chi connectivity index (χ2v) is 13.7. The lowest BCUT2D eigenvalue weighted by molar-refractivity contribution is -0.236. The number of hydrogen-bond donors (Lipinski definition) is 2. The van der Waals surface area contributed by atoms with Crippen LogP contribution in [0.5, 0.6) is 0 Å². The number of carbonyl (C=O) groups is 1. The van der Waals surface area contributed by atoms with Crippen LogP contribution in [0.25, 0.3) is 0 Å². The summed E-state index contributed by atoms with van der Waals surface area (Å²) in [6.07, 6.45) is 10.6. The Morgan fingerprint density at radius 2 is 1.59 bits per heavy atom. The van der Waals surface area contributed by atoms with Gasteiger partial charge in [-0.2, -0.15) is 0 Å². The highest BCUT2D eigenvalue weighted by atomic mass is 16.4. The van der Waals surface area contributed by atoms with Crippen LogP contribution in [0.3, 0.4) is 0 Å². The lowest BCUT2D eigenvalue weighted by Crippen LogP contribution is -2.66. The van der Waals surface area contributed by atoms with Crippen molar-refractivity contribution in [2.24, 2.45) is 57.2 Å². The second-order valence-electron chi connectivity index (χ2n) is 13.7. The van der Waals surface area contributed by atoms with Gasteiger partial charge in [0.2, 0.25) is 0 Å². The number of hydrogen-bond acceptors (Lipinski definition) is 2. The van der Waals surface area contributed by atoms with Gasteiger partial charge in [0.05, 0.1) is 11.5 Å². The van der Waals surface area contributed by atoms with E-state index in [-0.39, 0.29) is 22.9 Å². The Hall–Kier alpha value is -0.830. The van der Waals surface area contributed by atoms with Gasteiger partial charge < -0.3 is 10.2 Å². The number of aliphatic hydroxyl groups excluding tert-OH is 1. The fourth-order valence-electron chi connectivity index (χ4n) is 11.1. The zero-order chi connectivity index (χ0) is 23.3. The monoisotopic (exact) mass is 442 g/mol. The van der Waals surface area contributed by atoms with E-state index in [1.807, 2.05) is 0 Å². The van der Waals surface area contributed by atoms with Gasteiger partial charge in [0.15, 0.2) is 0 Å².